The molecule has 0 aliphatic carbocycles. The van der Waals surface area contributed by atoms with Gasteiger partial charge in [-0.2, -0.15) is 0 Å². The molecule has 1 aromatic carbocycles. The van der Waals surface area contributed by atoms with E-state index in [-0.39, 0.29) is 12.6 Å². The van der Waals surface area contributed by atoms with E-state index in [1.807, 2.05) is 31.2 Å². The third-order valence-electron chi connectivity index (χ3n) is 3.27. The lowest BCUT2D eigenvalue weighted by molar-refractivity contribution is 0.252. The molecule has 0 aliphatic rings. The largest absolute Gasteiger partial charge is 0.390 e. The smallest absolute Gasteiger partial charge is 0.321 e. The van der Waals surface area contributed by atoms with Crippen molar-refractivity contribution in [1.82, 2.24) is 15.3 Å². The van der Waals surface area contributed by atoms with E-state index in [1.165, 1.54) is 11.3 Å². The first kappa shape index (κ1) is 15.4. The highest BCUT2D eigenvalue weighted by Gasteiger charge is 2.08. The van der Waals surface area contributed by atoms with E-state index in [0.29, 0.717) is 17.4 Å². The van der Waals surface area contributed by atoms with Crippen LogP contribution in [0.15, 0.2) is 36.5 Å². The summed E-state index contributed by atoms with van der Waals surface area (Å²) in [5.74, 6) is 0. The molecule has 3 rings (SSSR count). The summed E-state index contributed by atoms with van der Waals surface area (Å²) in [4.78, 5) is 20.2. The van der Waals surface area contributed by atoms with Gasteiger partial charge in [-0.15, -0.1) is 0 Å². The van der Waals surface area contributed by atoms with E-state index in [9.17, 15) is 4.79 Å². The Kier molecular flexibility index (Phi) is 4.50. The number of aliphatic hydroxyl groups is 1. The normalized spacial score (nSPS) is 10.7. The number of rotatable bonds is 4. The number of anilines is 1. The zero-order valence-corrected chi connectivity index (χ0v) is 13.4. The van der Waals surface area contributed by atoms with Crippen LogP contribution in [-0.2, 0) is 6.61 Å². The fourth-order valence-corrected chi connectivity index (χ4v) is 2.99. The molecule has 3 N–H and O–H groups in total. The van der Waals surface area contributed by atoms with Crippen molar-refractivity contribution in [1.29, 1.82) is 0 Å². The molecule has 6 nitrogen and oxygen atoms in total. The zero-order chi connectivity index (χ0) is 16.2. The van der Waals surface area contributed by atoms with Gasteiger partial charge in [-0.05, 0) is 30.7 Å². The number of carbonyl (C=O) groups is 1. The van der Waals surface area contributed by atoms with Crippen LogP contribution < -0.4 is 10.6 Å². The van der Waals surface area contributed by atoms with Crippen LogP contribution in [0.1, 0.15) is 12.6 Å². The van der Waals surface area contributed by atoms with Crippen LogP contribution in [-0.4, -0.2) is 27.7 Å². The average Bonchev–Trinajstić information content (AvgIpc) is 2.96. The van der Waals surface area contributed by atoms with Crippen LogP contribution >= 0.6 is 11.3 Å². The van der Waals surface area contributed by atoms with Crippen molar-refractivity contribution in [3.05, 3.63) is 42.2 Å². The molecule has 0 bridgehead atoms. The Labute approximate surface area is 137 Å². The van der Waals surface area contributed by atoms with E-state index in [0.717, 1.165) is 21.3 Å². The molecule has 3 aromatic rings. The Hall–Kier alpha value is -2.51. The fraction of sp³-hybridized carbons (Fsp3) is 0.188. The number of hydrogen-bond donors (Lipinski definition) is 3. The van der Waals surface area contributed by atoms with E-state index in [4.69, 9.17) is 5.11 Å². The number of amides is 2. The number of fused-ring (bicyclic) bond motifs is 1. The maximum Gasteiger partial charge on any atom is 0.321 e. The summed E-state index contributed by atoms with van der Waals surface area (Å²) in [7, 11) is 0. The second-order valence-electron chi connectivity index (χ2n) is 4.88. The van der Waals surface area contributed by atoms with Gasteiger partial charge in [0.15, 0.2) is 5.13 Å². The molecular formula is C16H16N4O2S. The van der Waals surface area contributed by atoms with Gasteiger partial charge in [-0.3, -0.25) is 10.3 Å². The van der Waals surface area contributed by atoms with Gasteiger partial charge in [0.2, 0.25) is 0 Å². The Morgan fingerprint density at radius 2 is 2.09 bits per heavy atom. The van der Waals surface area contributed by atoms with Crippen LogP contribution in [0.5, 0.6) is 0 Å². The summed E-state index contributed by atoms with van der Waals surface area (Å²) in [5.41, 5.74) is 3.40. The minimum atomic E-state index is -0.254. The predicted octanol–water partition coefficient (Wildman–Crippen LogP) is 2.99. The van der Waals surface area contributed by atoms with Gasteiger partial charge in [-0.25, -0.2) is 9.78 Å². The van der Waals surface area contributed by atoms with Crippen molar-refractivity contribution in [3.8, 4) is 11.1 Å². The SMILES string of the molecule is CCNC(=O)Nc1nc2cc(-c3ccc(CO)nc3)ccc2s1. The highest BCUT2D eigenvalue weighted by atomic mass is 32.1. The quantitative estimate of drug-likeness (QED) is 0.687. The minimum Gasteiger partial charge on any atom is -0.390 e. The second-order valence-corrected chi connectivity index (χ2v) is 5.91. The molecule has 0 aliphatic heterocycles. The Balaban J connectivity index is 1.87. The van der Waals surface area contributed by atoms with Crippen LogP contribution in [0.4, 0.5) is 9.93 Å². The number of hydrogen-bond acceptors (Lipinski definition) is 5. The van der Waals surface area contributed by atoms with E-state index in [2.05, 4.69) is 20.6 Å². The third-order valence-corrected chi connectivity index (χ3v) is 4.22. The lowest BCUT2D eigenvalue weighted by Gasteiger charge is -2.02. The van der Waals surface area contributed by atoms with E-state index >= 15 is 0 Å². The third kappa shape index (κ3) is 3.46. The molecule has 118 valence electrons. The van der Waals surface area contributed by atoms with Crippen LogP contribution in [0, 0.1) is 0 Å². The molecule has 0 atom stereocenters. The standard InChI is InChI=1S/C16H16N4O2S/c1-2-17-15(22)20-16-19-13-7-10(4-6-14(13)23-16)11-3-5-12(9-21)18-8-11/h3-8,21H,2,9H2,1H3,(H2,17,19,20,22). The first-order valence-electron chi connectivity index (χ1n) is 7.21. The summed E-state index contributed by atoms with van der Waals surface area (Å²) in [6.07, 6.45) is 1.73. The van der Waals surface area contributed by atoms with Crippen LogP contribution in [0.2, 0.25) is 0 Å². The highest BCUT2D eigenvalue weighted by molar-refractivity contribution is 7.22. The van der Waals surface area contributed by atoms with Gasteiger partial charge >= 0.3 is 6.03 Å². The van der Waals surface area contributed by atoms with Crippen molar-refractivity contribution in [2.75, 3.05) is 11.9 Å². The topological polar surface area (TPSA) is 87.1 Å². The van der Waals surface area contributed by atoms with Crippen molar-refractivity contribution >= 4 is 32.7 Å². The van der Waals surface area contributed by atoms with Crippen LogP contribution in [0.25, 0.3) is 21.3 Å². The number of benzene rings is 1. The summed E-state index contributed by atoms with van der Waals surface area (Å²) >= 11 is 1.43. The summed E-state index contributed by atoms with van der Waals surface area (Å²) in [6, 6.07) is 9.39. The summed E-state index contributed by atoms with van der Waals surface area (Å²) in [5, 5.41) is 15.0. The molecule has 2 aromatic heterocycles. The monoisotopic (exact) mass is 328 g/mol. The van der Waals surface area contributed by atoms with E-state index < -0.39 is 0 Å². The second kappa shape index (κ2) is 6.72. The summed E-state index contributed by atoms with van der Waals surface area (Å²) in [6.45, 7) is 2.36. The Bertz CT molecular complexity index is 830. The molecule has 2 heterocycles. The Morgan fingerprint density at radius 1 is 1.26 bits per heavy atom. The van der Waals surface area contributed by atoms with Gasteiger partial charge < -0.3 is 10.4 Å². The minimum absolute atomic E-state index is 0.0692. The van der Waals surface area contributed by atoms with Crippen molar-refractivity contribution < 1.29 is 9.90 Å². The first-order chi connectivity index (χ1) is 11.2. The predicted molar refractivity (Wildman–Crippen MR) is 91.5 cm³/mol. The average molecular weight is 328 g/mol. The van der Waals surface area contributed by atoms with Crippen molar-refractivity contribution in [3.63, 3.8) is 0 Å². The van der Waals surface area contributed by atoms with Gasteiger partial charge in [-0.1, -0.05) is 23.5 Å². The van der Waals surface area contributed by atoms with E-state index in [1.54, 1.807) is 12.3 Å². The molecule has 0 fully saturated rings. The van der Waals surface area contributed by atoms with Crippen LogP contribution in [0.3, 0.4) is 0 Å². The number of pyridine rings is 1. The molecule has 2 amide bonds. The molecule has 0 spiro atoms. The maximum atomic E-state index is 11.6. The number of aliphatic hydroxyl groups excluding tert-OH is 1. The van der Waals surface area contributed by atoms with Gasteiger partial charge in [0, 0.05) is 18.3 Å². The number of nitrogens with one attached hydrogen (secondary N) is 2. The summed E-state index contributed by atoms with van der Waals surface area (Å²) < 4.78 is 1.00. The zero-order valence-electron chi connectivity index (χ0n) is 12.5. The number of carbonyl (C=O) groups excluding carboxylic acids is 1. The molecule has 0 unspecified atom stereocenters. The molecule has 0 saturated heterocycles. The lowest BCUT2D eigenvalue weighted by atomic mass is 10.1. The number of aromatic nitrogens is 2. The molecule has 23 heavy (non-hydrogen) atoms. The fourth-order valence-electron chi connectivity index (χ4n) is 2.15. The number of nitrogens with zero attached hydrogens (tertiary/aromatic N) is 2. The number of thiazole rings is 1. The number of urea groups is 1. The van der Waals surface area contributed by atoms with Gasteiger partial charge in [0.1, 0.15) is 0 Å². The lowest BCUT2D eigenvalue weighted by Crippen LogP contribution is -2.28. The maximum absolute atomic E-state index is 11.6. The molecule has 0 radical (unpaired) electrons. The molecule has 7 heteroatoms. The van der Waals surface area contributed by atoms with Crippen molar-refractivity contribution in [2.45, 2.75) is 13.5 Å². The van der Waals surface area contributed by atoms with Gasteiger partial charge in [0.05, 0.1) is 22.5 Å². The van der Waals surface area contributed by atoms with Crippen molar-refractivity contribution in [2.24, 2.45) is 0 Å². The highest BCUT2D eigenvalue weighted by Crippen LogP contribution is 2.30. The van der Waals surface area contributed by atoms with Gasteiger partial charge in [0.25, 0.3) is 0 Å². The molecular weight excluding hydrogens is 312 g/mol. The first-order valence-corrected chi connectivity index (χ1v) is 8.03. The Morgan fingerprint density at radius 3 is 2.78 bits per heavy atom. The molecule has 0 saturated carbocycles.